The van der Waals surface area contributed by atoms with Crippen LogP contribution in [0.1, 0.15) is 31.4 Å². The molecule has 0 aliphatic rings. The van der Waals surface area contributed by atoms with Crippen molar-refractivity contribution in [3.8, 4) is 5.75 Å². The van der Waals surface area contributed by atoms with Crippen molar-refractivity contribution < 1.29 is 19.7 Å². The highest BCUT2D eigenvalue weighted by Crippen LogP contribution is 2.35. The molecule has 0 fully saturated rings. The predicted molar refractivity (Wildman–Crippen MR) is 68.7 cm³/mol. The summed E-state index contributed by atoms with van der Waals surface area (Å²) in [5.74, 6) is -0.485. The van der Waals surface area contributed by atoms with Crippen molar-refractivity contribution in [2.45, 2.75) is 32.8 Å². The van der Waals surface area contributed by atoms with Crippen molar-refractivity contribution >= 4 is 5.97 Å². The molecule has 0 bridgehead atoms. The van der Waals surface area contributed by atoms with Gasteiger partial charge < -0.3 is 14.9 Å². The van der Waals surface area contributed by atoms with E-state index in [9.17, 15) is 9.90 Å². The molecule has 0 aliphatic heterocycles. The monoisotopic (exact) mass is 252 g/mol. The molecule has 0 amide bonds. The third kappa shape index (κ3) is 2.82. The highest BCUT2D eigenvalue weighted by Gasteiger charge is 2.35. The van der Waals surface area contributed by atoms with Crippen molar-refractivity contribution in [2.24, 2.45) is 5.92 Å². The van der Waals surface area contributed by atoms with Crippen LogP contribution in [0.5, 0.6) is 5.75 Å². The zero-order valence-corrected chi connectivity index (χ0v) is 11.2. The molecule has 0 saturated carbocycles. The van der Waals surface area contributed by atoms with E-state index in [0.717, 1.165) is 11.3 Å². The number of carbonyl (C=O) groups is 1. The van der Waals surface area contributed by atoms with Gasteiger partial charge in [-0.1, -0.05) is 19.9 Å². The molecule has 1 rings (SSSR count). The summed E-state index contributed by atoms with van der Waals surface area (Å²) in [6, 6.07) is 5.25. The summed E-state index contributed by atoms with van der Waals surface area (Å²) in [5.41, 5.74) is 0.126. The topological polar surface area (TPSA) is 66.8 Å². The second kappa shape index (κ2) is 5.40. The molecule has 1 aromatic rings. The van der Waals surface area contributed by atoms with Crippen molar-refractivity contribution in [3.63, 3.8) is 0 Å². The first-order valence-corrected chi connectivity index (χ1v) is 5.90. The number of rotatable bonds is 5. The standard InChI is InChI=1S/C14H20O4/c1-9(2)14(17,8-13(15)16)11-5-6-12(18-4)10(3)7-11/h5-7,9,17H,8H2,1-4H3,(H,15,16). The number of hydrogen-bond donors (Lipinski definition) is 2. The number of carboxylic acids is 1. The maximum Gasteiger partial charge on any atom is 0.306 e. The van der Waals surface area contributed by atoms with Crippen LogP contribution in [0.3, 0.4) is 0 Å². The third-order valence-corrected chi connectivity index (χ3v) is 3.27. The average molecular weight is 252 g/mol. The van der Waals surface area contributed by atoms with Crippen LogP contribution in [0.15, 0.2) is 18.2 Å². The van der Waals surface area contributed by atoms with E-state index >= 15 is 0 Å². The molecule has 0 aromatic heterocycles. The van der Waals surface area contributed by atoms with Crippen LogP contribution in [-0.2, 0) is 10.4 Å². The predicted octanol–water partition coefficient (Wildman–Crippen LogP) is 2.32. The number of ether oxygens (including phenoxy) is 1. The molecule has 1 unspecified atom stereocenters. The molecule has 0 saturated heterocycles. The first kappa shape index (κ1) is 14.5. The molecule has 0 aliphatic carbocycles. The maximum atomic E-state index is 10.9. The van der Waals surface area contributed by atoms with E-state index < -0.39 is 11.6 Å². The van der Waals surface area contributed by atoms with Gasteiger partial charge in [-0.3, -0.25) is 4.79 Å². The van der Waals surface area contributed by atoms with E-state index in [1.165, 1.54) is 0 Å². The molecular weight excluding hydrogens is 232 g/mol. The van der Waals surface area contributed by atoms with Crippen molar-refractivity contribution in [2.75, 3.05) is 7.11 Å². The number of aliphatic carboxylic acids is 1. The van der Waals surface area contributed by atoms with Crippen LogP contribution >= 0.6 is 0 Å². The summed E-state index contributed by atoms with van der Waals surface area (Å²) in [6.07, 6.45) is -0.309. The Morgan fingerprint density at radius 3 is 2.44 bits per heavy atom. The first-order valence-electron chi connectivity index (χ1n) is 5.90. The number of methoxy groups -OCH3 is 1. The number of benzene rings is 1. The largest absolute Gasteiger partial charge is 0.496 e. The summed E-state index contributed by atoms with van der Waals surface area (Å²) in [4.78, 5) is 10.9. The fourth-order valence-corrected chi connectivity index (χ4v) is 2.02. The highest BCUT2D eigenvalue weighted by molar-refractivity contribution is 5.68. The van der Waals surface area contributed by atoms with Crippen LogP contribution < -0.4 is 4.74 Å². The van der Waals surface area contributed by atoms with Gasteiger partial charge in [0.25, 0.3) is 0 Å². The lowest BCUT2D eigenvalue weighted by molar-refractivity contribution is -0.145. The lowest BCUT2D eigenvalue weighted by Gasteiger charge is -2.31. The van der Waals surface area contributed by atoms with Gasteiger partial charge in [-0.2, -0.15) is 0 Å². The molecule has 0 heterocycles. The number of hydrogen-bond acceptors (Lipinski definition) is 3. The van der Waals surface area contributed by atoms with Crippen molar-refractivity contribution in [3.05, 3.63) is 29.3 Å². The van der Waals surface area contributed by atoms with Crippen molar-refractivity contribution in [1.82, 2.24) is 0 Å². The van der Waals surface area contributed by atoms with E-state index in [-0.39, 0.29) is 12.3 Å². The Balaban J connectivity index is 3.22. The van der Waals surface area contributed by atoms with Gasteiger partial charge in [-0.25, -0.2) is 0 Å². The fraction of sp³-hybridized carbons (Fsp3) is 0.500. The Hall–Kier alpha value is -1.55. The Morgan fingerprint density at radius 1 is 1.44 bits per heavy atom. The zero-order valence-electron chi connectivity index (χ0n) is 11.2. The Labute approximate surface area is 107 Å². The van der Waals surface area contributed by atoms with Gasteiger partial charge in [0.1, 0.15) is 11.4 Å². The summed E-state index contributed by atoms with van der Waals surface area (Å²) in [5, 5.41) is 19.5. The van der Waals surface area contributed by atoms with Gasteiger partial charge in [-0.15, -0.1) is 0 Å². The molecule has 4 heteroatoms. The quantitative estimate of drug-likeness (QED) is 0.844. The van der Waals surface area contributed by atoms with Crippen molar-refractivity contribution in [1.29, 1.82) is 0 Å². The van der Waals surface area contributed by atoms with Crippen LogP contribution in [0.4, 0.5) is 0 Å². The SMILES string of the molecule is COc1ccc(C(O)(CC(=O)O)C(C)C)cc1C. The van der Waals surface area contributed by atoms with Gasteiger partial charge in [0, 0.05) is 0 Å². The minimum atomic E-state index is -1.36. The summed E-state index contributed by atoms with van der Waals surface area (Å²) >= 11 is 0. The van der Waals surface area contributed by atoms with Crippen LogP contribution in [0, 0.1) is 12.8 Å². The third-order valence-electron chi connectivity index (χ3n) is 3.27. The minimum absolute atomic E-state index is 0.193. The molecule has 1 atom stereocenters. The summed E-state index contributed by atoms with van der Waals surface area (Å²) in [7, 11) is 1.58. The van der Waals surface area contributed by atoms with E-state index in [2.05, 4.69) is 0 Å². The Kier molecular flexibility index (Phi) is 4.35. The number of aryl methyl sites for hydroxylation is 1. The molecule has 2 N–H and O–H groups in total. The second-order valence-corrected chi connectivity index (χ2v) is 4.83. The number of aliphatic hydroxyl groups is 1. The normalized spacial score (nSPS) is 14.3. The van der Waals surface area contributed by atoms with Crippen LogP contribution in [0.2, 0.25) is 0 Å². The molecule has 0 spiro atoms. The lowest BCUT2D eigenvalue weighted by atomic mass is 9.80. The maximum absolute atomic E-state index is 10.9. The van der Waals surface area contributed by atoms with Gasteiger partial charge in [0.05, 0.1) is 13.5 Å². The molecule has 4 nitrogen and oxygen atoms in total. The number of carboxylic acid groups (broad SMARTS) is 1. The Morgan fingerprint density at radius 2 is 2.06 bits per heavy atom. The van der Waals surface area contributed by atoms with Gasteiger partial charge in [0.2, 0.25) is 0 Å². The average Bonchev–Trinajstić information content (AvgIpc) is 2.27. The van der Waals surface area contributed by atoms with Gasteiger partial charge >= 0.3 is 5.97 Å². The zero-order chi connectivity index (χ0) is 13.9. The summed E-state index contributed by atoms with van der Waals surface area (Å²) < 4.78 is 5.16. The van der Waals surface area contributed by atoms with E-state index in [4.69, 9.17) is 9.84 Å². The first-order chi connectivity index (χ1) is 8.31. The second-order valence-electron chi connectivity index (χ2n) is 4.83. The smallest absolute Gasteiger partial charge is 0.306 e. The fourth-order valence-electron chi connectivity index (χ4n) is 2.02. The van der Waals surface area contributed by atoms with E-state index in [0.29, 0.717) is 5.56 Å². The molecule has 100 valence electrons. The molecule has 0 radical (unpaired) electrons. The Bertz CT molecular complexity index is 439. The van der Waals surface area contributed by atoms with Crippen LogP contribution in [-0.4, -0.2) is 23.3 Å². The van der Waals surface area contributed by atoms with E-state index in [1.807, 2.05) is 20.8 Å². The van der Waals surface area contributed by atoms with E-state index in [1.54, 1.807) is 25.3 Å². The molecule has 18 heavy (non-hydrogen) atoms. The van der Waals surface area contributed by atoms with Crippen LogP contribution in [0.25, 0.3) is 0 Å². The van der Waals surface area contributed by atoms with Gasteiger partial charge in [0.15, 0.2) is 0 Å². The van der Waals surface area contributed by atoms with Gasteiger partial charge in [-0.05, 0) is 36.1 Å². The lowest BCUT2D eigenvalue weighted by Crippen LogP contribution is -2.34. The highest BCUT2D eigenvalue weighted by atomic mass is 16.5. The molecule has 1 aromatic carbocycles. The molecular formula is C14H20O4. The summed E-state index contributed by atoms with van der Waals surface area (Å²) in [6.45, 7) is 5.48. The minimum Gasteiger partial charge on any atom is -0.496 e.